The van der Waals surface area contributed by atoms with E-state index in [0.29, 0.717) is 17.9 Å². The monoisotopic (exact) mass is 382 g/mol. The van der Waals surface area contributed by atoms with Crippen molar-refractivity contribution in [3.8, 4) is 11.5 Å². The summed E-state index contributed by atoms with van der Waals surface area (Å²) in [6.07, 6.45) is 0. The quantitative estimate of drug-likeness (QED) is 0.446. The Morgan fingerprint density at radius 2 is 1.42 bits per heavy atom. The van der Waals surface area contributed by atoms with Gasteiger partial charge in [-0.2, -0.15) is 0 Å². The van der Waals surface area contributed by atoms with Crippen molar-refractivity contribution < 1.29 is 14.3 Å². The van der Waals surface area contributed by atoms with Gasteiger partial charge >= 0.3 is 5.97 Å². The lowest BCUT2D eigenvalue weighted by molar-refractivity contribution is 0.0734. The Morgan fingerprint density at radius 3 is 2.08 bits per heavy atom. The molecule has 0 aliphatic rings. The maximum absolute atomic E-state index is 12.1. The zero-order valence-electron chi connectivity index (χ0n) is 12.8. The van der Waals surface area contributed by atoms with E-state index in [1.807, 2.05) is 30.3 Å². The molecule has 120 valence electrons. The summed E-state index contributed by atoms with van der Waals surface area (Å²) in [4.78, 5) is 12.1. The lowest BCUT2D eigenvalue weighted by Gasteiger charge is -2.08. The Bertz CT molecular complexity index is 797. The number of halogens is 1. The second kappa shape index (κ2) is 7.79. The smallest absolute Gasteiger partial charge is 0.343 e. The van der Waals surface area contributed by atoms with E-state index in [1.165, 1.54) is 0 Å². The zero-order chi connectivity index (χ0) is 16.8. The van der Waals surface area contributed by atoms with Crippen LogP contribution in [0.3, 0.4) is 0 Å². The SMILES string of the molecule is O=C(Oc1ccc(OCc2ccccc2)cc1)c1ccc(Br)cc1. The second-order valence-corrected chi connectivity index (χ2v) is 6.06. The molecule has 3 rings (SSSR count). The Labute approximate surface area is 149 Å². The Balaban J connectivity index is 1.58. The molecule has 3 nitrogen and oxygen atoms in total. The molecule has 0 spiro atoms. The first-order valence-corrected chi connectivity index (χ1v) is 8.24. The largest absolute Gasteiger partial charge is 0.489 e. The van der Waals surface area contributed by atoms with E-state index >= 15 is 0 Å². The van der Waals surface area contributed by atoms with Crippen molar-refractivity contribution in [1.82, 2.24) is 0 Å². The van der Waals surface area contributed by atoms with Crippen LogP contribution in [0.1, 0.15) is 15.9 Å². The van der Waals surface area contributed by atoms with Crippen molar-refractivity contribution in [3.63, 3.8) is 0 Å². The number of carbonyl (C=O) groups is 1. The Kier molecular flexibility index (Phi) is 5.29. The maximum atomic E-state index is 12.1. The van der Waals surface area contributed by atoms with E-state index in [2.05, 4.69) is 15.9 Å². The number of esters is 1. The summed E-state index contributed by atoms with van der Waals surface area (Å²) in [5.74, 6) is 0.817. The first-order chi connectivity index (χ1) is 11.7. The summed E-state index contributed by atoms with van der Waals surface area (Å²) in [5.41, 5.74) is 1.60. The first kappa shape index (κ1) is 16.3. The van der Waals surface area contributed by atoms with Crippen LogP contribution in [0.25, 0.3) is 0 Å². The van der Waals surface area contributed by atoms with Gasteiger partial charge in [0, 0.05) is 4.47 Å². The lowest BCUT2D eigenvalue weighted by Crippen LogP contribution is -2.08. The topological polar surface area (TPSA) is 35.5 Å². The minimum Gasteiger partial charge on any atom is -0.489 e. The third-order valence-electron chi connectivity index (χ3n) is 3.36. The highest BCUT2D eigenvalue weighted by atomic mass is 79.9. The molecule has 3 aromatic rings. The molecular weight excluding hydrogens is 368 g/mol. The predicted octanol–water partition coefficient (Wildman–Crippen LogP) is 5.25. The van der Waals surface area contributed by atoms with Gasteiger partial charge in [-0.1, -0.05) is 46.3 Å². The predicted molar refractivity (Wildman–Crippen MR) is 96.3 cm³/mol. The summed E-state index contributed by atoms with van der Waals surface area (Å²) in [6.45, 7) is 0.499. The maximum Gasteiger partial charge on any atom is 0.343 e. The Hall–Kier alpha value is -2.59. The van der Waals surface area contributed by atoms with Crippen LogP contribution in [0, 0.1) is 0 Å². The van der Waals surface area contributed by atoms with Crippen LogP contribution < -0.4 is 9.47 Å². The van der Waals surface area contributed by atoms with Gasteiger partial charge in [-0.25, -0.2) is 4.79 Å². The molecule has 0 amide bonds. The average Bonchev–Trinajstić information content (AvgIpc) is 2.62. The van der Waals surface area contributed by atoms with E-state index in [-0.39, 0.29) is 5.97 Å². The van der Waals surface area contributed by atoms with Crippen LogP contribution in [-0.2, 0) is 6.61 Å². The first-order valence-electron chi connectivity index (χ1n) is 7.45. The van der Waals surface area contributed by atoms with E-state index in [0.717, 1.165) is 15.8 Å². The van der Waals surface area contributed by atoms with Gasteiger partial charge in [0.15, 0.2) is 0 Å². The summed E-state index contributed by atoms with van der Waals surface area (Å²) >= 11 is 3.33. The van der Waals surface area contributed by atoms with Crippen molar-refractivity contribution in [1.29, 1.82) is 0 Å². The van der Waals surface area contributed by atoms with E-state index < -0.39 is 0 Å². The van der Waals surface area contributed by atoms with Gasteiger partial charge in [0.25, 0.3) is 0 Å². The molecule has 0 unspecified atom stereocenters. The number of rotatable bonds is 5. The minimum atomic E-state index is -0.388. The van der Waals surface area contributed by atoms with Crippen molar-refractivity contribution >= 4 is 21.9 Å². The number of hydrogen-bond acceptors (Lipinski definition) is 3. The highest BCUT2D eigenvalue weighted by molar-refractivity contribution is 9.10. The number of benzene rings is 3. The molecule has 0 aliphatic carbocycles. The van der Waals surface area contributed by atoms with Crippen LogP contribution in [0.15, 0.2) is 83.3 Å². The summed E-state index contributed by atoms with van der Waals surface area (Å²) in [6, 6.07) is 24.0. The van der Waals surface area contributed by atoms with Gasteiger partial charge in [-0.3, -0.25) is 0 Å². The molecular formula is C20H15BrO3. The lowest BCUT2D eigenvalue weighted by atomic mass is 10.2. The molecule has 4 heteroatoms. The van der Waals surface area contributed by atoms with E-state index in [1.54, 1.807) is 48.5 Å². The standard InChI is InChI=1S/C20H15BrO3/c21-17-8-6-16(7-9-17)20(22)24-19-12-10-18(11-13-19)23-14-15-4-2-1-3-5-15/h1-13H,14H2. The van der Waals surface area contributed by atoms with Crippen molar-refractivity contribution in [2.75, 3.05) is 0 Å². The van der Waals surface area contributed by atoms with Gasteiger partial charge in [0.05, 0.1) is 5.56 Å². The number of hydrogen-bond donors (Lipinski definition) is 0. The summed E-state index contributed by atoms with van der Waals surface area (Å²) in [5, 5.41) is 0. The van der Waals surface area contributed by atoms with Gasteiger partial charge in [-0.15, -0.1) is 0 Å². The fourth-order valence-corrected chi connectivity index (χ4v) is 2.36. The number of carbonyl (C=O) groups excluding carboxylic acids is 1. The summed E-state index contributed by atoms with van der Waals surface area (Å²) < 4.78 is 12.0. The fraction of sp³-hybridized carbons (Fsp3) is 0.0500. The third-order valence-corrected chi connectivity index (χ3v) is 3.89. The summed E-state index contributed by atoms with van der Waals surface area (Å²) in [7, 11) is 0. The highest BCUT2D eigenvalue weighted by Gasteiger charge is 2.08. The van der Waals surface area contributed by atoms with Crippen LogP contribution >= 0.6 is 15.9 Å². The molecule has 0 radical (unpaired) electrons. The van der Waals surface area contributed by atoms with Crippen molar-refractivity contribution in [2.45, 2.75) is 6.61 Å². The molecule has 0 aromatic heterocycles. The van der Waals surface area contributed by atoms with Crippen LogP contribution in [0.2, 0.25) is 0 Å². The molecule has 3 aromatic carbocycles. The van der Waals surface area contributed by atoms with Gasteiger partial charge < -0.3 is 9.47 Å². The molecule has 0 fully saturated rings. The molecule has 0 bridgehead atoms. The molecule has 0 atom stereocenters. The Morgan fingerprint density at radius 1 is 0.792 bits per heavy atom. The molecule has 0 saturated carbocycles. The second-order valence-electron chi connectivity index (χ2n) is 5.14. The highest BCUT2D eigenvalue weighted by Crippen LogP contribution is 2.20. The molecule has 0 aliphatic heterocycles. The van der Waals surface area contributed by atoms with E-state index in [9.17, 15) is 4.79 Å². The molecule has 0 N–H and O–H groups in total. The van der Waals surface area contributed by atoms with Gasteiger partial charge in [-0.05, 0) is 54.1 Å². The van der Waals surface area contributed by atoms with Gasteiger partial charge in [0.2, 0.25) is 0 Å². The van der Waals surface area contributed by atoms with Crippen LogP contribution in [0.4, 0.5) is 0 Å². The van der Waals surface area contributed by atoms with Crippen molar-refractivity contribution in [2.24, 2.45) is 0 Å². The minimum absolute atomic E-state index is 0.388. The average molecular weight is 383 g/mol. The van der Waals surface area contributed by atoms with E-state index in [4.69, 9.17) is 9.47 Å². The molecule has 24 heavy (non-hydrogen) atoms. The van der Waals surface area contributed by atoms with Crippen LogP contribution in [-0.4, -0.2) is 5.97 Å². The van der Waals surface area contributed by atoms with Gasteiger partial charge in [0.1, 0.15) is 18.1 Å². The normalized spacial score (nSPS) is 10.2. The third kappa shape index (κ3) is 4.46. The molecule has 0 heterocycles. The fourth-order valence-electron chi connectivity index (χ4n) is 2.10. The van der Waals surface area contributed by atoms with Crippen LogP contribution in [0.5, 0.6) is 11.5 Å². The number of ether oxygens (including phenoxy) is 2. The molecule has 0 saturated heterocycles. The zero-order valence-corrected chi connectivity index (χ0v) is 14.4. The van der Waals surface area contributed by atoms with Crippen molar-refractivity contribution in [3.05, 3.63) is 94.5 Å².